The Balaban J connectivity index is 0.00000648. The van der Waals surface area contributed by atoms with Crippen molar-refractivity contribution in [2.45, 2.75) is 66.2 Å². The van der Waals surface area contributed by atoms with Crippen molar-refractivity contribution < 1.29 is 36.8 Å². The van der Waals surface area contributed by atoms with Gasteiger partial charge in [0.05, 0.1) is 33.3 Å². The summed E-state index contributed by atoms with van der Waals surface area (Å²) in [4.78, 5) is 9.92. The molecular formula is C53H49N3OPt. The van der Waals surface area contributed by atoms with E-state index in [4.69, 9.17) is 19.3 Å². The molecule has 0 aliphatic heterocycles. The van der Waals surface area contributed by atoms with Gasteiger partial charge in [-0.05, 0) is 93.9 Å². The number of aromatic nitrogens is 3. The molecule has 8 aromatic rings. The maximum atomic E-state index is 9.46. The molecule has 2 heterocycles. The summed E-state index contributed by atoms with van der Waals surface area (Å²) in [6.07, 6.45) is -0.511. The molecule has 0 aliphatic carbocycles. The van der Waals surface area contributed by atoms with E-state index in [-0.39, 0.29) is 49.3 Å². The zero-order chi connectivity index (χ0) is 47.0. The van der Waals surface area contributed by atoms with E-state index in [1.165, 1.54) is 0 Å². The third kappa shape index (κ3) is 7.96. The van der Waals surface area contributed by atoms with Crippen LogP contribution in [0.5, 0.6) is 5.75 Å². The number of fused-ring (bicyclic) bond motifs is 1. The monoisotopic (exact) mass is 946 g/mol. The number of hydrogen-bond acceptors (Lipinski definition) is 3. The zero-order valence-electron chi connectivity index (χ0n) is 41.9. The molecule has 0 radical (unpaired) electrons. The van der Waals surface area contributed by atoms with E-state index < -0.39 is 47.8 Å². The standard InChI is InChI=1S/C53H49N3O.Pt/c1-34-25-35(2)50(57-9)46(26-34)51-55-49-45(21-16-22-48(49)56(51)44-31-39(37-19-14-11-15-20-37)28-43(33-44)53(6,7)8)40-27-41(30-42(29-40)52(3,4)5)47-32-38(23-24-54-47)36-17-12-10-13-18-36;/h10-26,28-33H,9H2,1-8H3;/q-2;+2/i10D,12D,13D,17D,18D,23D,24D,32D;. The first-order chi connectivity index (χ1) is 30.6. The van der Waals surface area contributed by atoms with Crippen LogP contribution in [0.2, 0.25) is 0 Å². The van der Waals surface area contributed by atoms with Gasteiger partial charge < -0.3 is 4.74 Å². The van der Waals surface area contributed by atoms with Crippen LogP contribution in [0.4, 0.5) is 0 Å². The molecule has 8 rings (SSSR count). The maximum absolute atomic E-state index is 9.46. The molecule has 0 bridgehead atoms. The minimum Gasteiger partial charge on any atom is -0.665 e. The predicted molar refractivity (Wildman–Crippen MR) is 238 cm³/mol. The van der Waals surface area contributed by atoms with Gasteiger partial charge in [-0.15, -0.1) is 29.3 Å². The van der Waals surface area contributed by atoms with Crippen molar-refractivity contribution in [2.75, 3.05) is 0 Å². The molecule has 2 aromatic heterocycles. The van der Waals surface area contributed by atoms with Gasteiger partial charge in [-0.1, -0.05) is 144 Å². The molecule has 0 atom stereocenters. The van der Waals surface area contributed by atoms with Crippen LogP contribution in [0.3, 0.4) is 0 Å². The molecule has 0 aliphatic rings. The fraction of sp³-hybridized carbons (Fsp3) is 0.189. The van der Waals surface area contributed by atoms with Gasteiger partial charge in [-0.2, -0.15) is 7.11 Å². The summed E-state index contributed by atoms with van der Waals surface area (Å²) in [7, 11) is 3.86. The number of imidazole rings is 1. The van der Waals surface area contributed by atoms with Gasteiger partial charge in [0.15, 0.2) is 0 Å². The van der Waals surface area contributed by atoms with Crippen molar-refractivity contribution in [1.29, 1.82) is 0 Å². The molecule has 0 saturated carbocycles. The first-order valence-corrected chi connectivity index (χ1v) is 19.0. The molecule has 4 nitrogen and oxygen atoms in total. The fourth-order valence-electron chi connectivity index (χ4n) is 7.26. The molecule has 0 unspecified atom stereocenters. The first kappa shape index (κ1) is 31.4. The Kier molecular flexibility index (Phi) is 8.67. The van der Waals surface area contributed by atoms with Crippen molar-refractivity contribution in [3.05, 3.63) is 175 Å². The van der Waals surface area contributed by atoms with Crippen molar-refractivity contribution in [3.8, 4) is 67.5 Å². The van der Waals surface area contributed by atoms with Gasteiger partial charge in [0.25, 0.3) is 0 Å². The Morgan fingerprint density at radius 2 is 1.40 bits per heavy atom. The Labute approximate surface area is 369 Å². The molecular weight excluding hydrogens is 890 g/mol. The van der Waals surface area contributed by atoms with E-state index in [2.05, 4.69) is 107 Å². The molecule has 5 heteroatoms. The van der Waals surface area contributed by atoms with Crippen LogP contribution in [0.15, 0.2) is 139 Å². The van der Waals surface area contributed by atoms with Crippen LogP contribution in [-0.2, 0) is 31.9 Å². The van der Waals surface area contributed by atoms with E-state index in [0.717, 1.165) is 55.7 Å². The number of benzene rings is 6. The SMILES string of the molecule is [2H]c1nc(-c2[c-]c(-c3cccc4c3nc(-c3cc(C)cc(C)c3O[CH2-])n4-c3cc(-c4ccccc4)cc(C(C)(C)C)c3)cc(C(C)(C)C)c2)c([2H])c(-c2c([2H])c([2H])c([2H])c([2H])c2[2H])c1[2H].[Pt+2]. The second-order valence-electron chi connectivity index (χ2n) is 16.6. The van der Waals surface area contributed by atoms with E-state index in [9.17, 15) is 1.37 Å². The van der Waals surface area contributed by atoms with Crippen LogP contribution in [-0.4, -0.2) is 14.5 Å². The van der Waals surface area contributed by atoms with E-state index >= 15 is 0 Å². The Hall–Kier alpha value is -5.57. The number of aryl methyl sites for hydroxylation is 2. The van der Waals surface area contributed by atoms with E-state index in [1.54, 1.807) is 0 Å². The average molecular weight is 947 g/mol. The van der Waals surface area contributed by atoms with Crippen LogP contribution in [0.25, 0.3) is 72.7 Å². The van der Waals surface area contributed by atoms with Gasteiger partial charge in [0, 0.05) is 17.6 Å². The smallest absolute Gasteiger partial charge is 0.665 e. The van der Waals surface area contributed by atoms with Crippen LogP contribution in [0.1, 0.15) is 74.8 Å². The summed E-state index contributed by atoms with van der Waals surface area (Å²) in [5.41, 5.74) is 9.62. The summed E-state index contributed by atoms with van der Waals surface area (Å²) in [5.74, 6) is 1.24. The predicted octanol–water partition coefficient (Wildman–Crippen LogP) is 13.9. The molecule has 58 heavy (non-hydrogen) atoms. The third-order valence-electron chi connectivity index (χ3n) is 10.3. The molecule has 292 valence electrons. The third-order valence-corrected chi connectivity index (χ3v) is 10.3. The quantitative estimate of drug-likeness (QED) is 0.150. The topological polar surface area (TPSA) is 39.9 Å². The van der Waals surface area contributed by atoms with Crippen molar-refractivity contribution in [3.63, 3.8) is 0 Å². The minimum atomic E-state index is -0.601. The number of ether oxygens (including phenoxy) is 1. The van der Waals surface area contributed by atoms with Crippen molar-refractivity contribution in [1.82, 2.24) is 14.5 Å². The molecule has 0 amide bonds. The van der Waals surface area contributed by atoms with Crippen LogP contribution in [0, 0.1) is 27.0 Å². The Morgan fingerprint density at radius 3 is 2.10 bits per heavy atom. The minimum absolute atomic E-state index is 0. The molecule has 0 spiro atoms. The number of rotatable bonds is 7. The number of para-hydroxylation sites is 1. The van der Waals surface area contributed by atoms with Gasteiger partial charge in [0.2, 0.25) is 0 Å². The van der Waals surface area contributed by atoms with Gasteiger partial charge >= 0.3 is 21.1 Å². The first-order valence-electron chi connectivity index (χ1n) is 23.0. The molecule has 0 saturated heterocycles. The average Bonchev–Trinajstić information content (AvgIpc) is 3.66. The van der Waals surface area contributed by atoms with Crippen LogP contribution < -0.4 is 4.74 Å². The zero-order valence-corrected chi connectivity index (χ0v) is 36.2. The maximum Gasteiger partial charge on any atom is 2.00 e. The van der Waals surface area contributed by atoms with Crippen molar-refractivity contribution in [2.24, 2.45) is 0 Å². The van der Waals surface area contributed by atoms with E-state index in [0.29, 0.717) is 28.2 Å². The number of hydrogen-bond donors (Lipinski definition) is 0. The van der Waals surface area contributed by atoms with Crippen molar-refractivity contribution >= 4 is 11.0 Å². The van der Waals surface area contributed by atoms with Gasteiger partial charge in [-0.25, -0.2) is 4.98 Å². The normalized spacial score (nSPS) is 13.7. The largest absolute Gasteiger partial charge is 2.00 e. The van der Waals surface area contributed by atoms with Gasteiger partial charge in [-0.3, -0.25) is 9.55 Å². The molecule has 6 aromatic carbocycles. The Bertz CT molecular complexity index is 3200. The Morgan fingerprint density at radius 1 is 0.690 bits per heavy atom. The second-order valence-corrected chi connectivity index (χ2v) is 16.6. The number of pyridine rings is 1. The second kappa shape index (κ2) is 16.0. The van der Waals surface area contributed by atoms with Gasteiger partial charge in [0.1, 0.15) is 5.82 Å². The summed E-state index contributed by atoms with van der Waals surface area (Å²) in [6.45, 7) is 16.8. The summed E-state index contributed by atoms with van der Waals surface area (Å²) in [6, 6.07) is 30.6. The summed E-state index contributed by atoms with van der Waals surface area (Å²) < 4.78 is 77.3. The molecule has 0 fully saturated rings. The summed E-state index contributed by atoms with van der Waals surface area (Å²) >= 11 is 0. The van der Waals surface area contributed by atoms with Crippen LogP contribution >= 0.6 is 0 Å². The summed E-state index contributed by atoms with van der Waals surface area (Å²) in [5, 5.41) is 0. The fourth-order valence-corrected chi connectivity index (χ4v) is 7.26. The number of nitrogens with zero attached hydrogens (tertiary/aromatic N) is 3. The van der Waals surface area contributed by atoms with E-state index in [1.807, 2.05) is 62.4 Å². The molecule has 0 N–H and O–H groups in total.